The minimum atomic E-state index is -4.47. The zero-order valence-corrected chi connectivity index (χ0v) is 9.83. The van der Waals surface area contributed by atoms with Crippen molar-refractivity contribution in [2.24, 2.45) is 10.3 Å². The van der Waals surface area contributed by atoms with E-state index in [0.717, 1.165) is 0 Å². The van der Waals surface area contributed by atoms with Crippen LogP contribution in [0.2, 0.25) is 0 Å². The van der Waals surface area contributed by atoms with Crippen LogP contribution in [0.1, 0.15) is 5.56 Å². The number of carbonyl (C=O) groups is 1. The molecule has 0 fully saturated rings. The van der Waals surface area contributed by atoms with Crippen molar-refractivity contribution in [2.45, 2.75) is 12.5 Å². The van der Waals surface area contributed by atoms with Gasteiger partial charge in [-0.2, -0.15) is 8.42 Å². The molecular formula is C9H10N2O6S. The minimum Gasteiger partial charge on any atom is -0.480 e. The van der Waals surface area contributed by atoms with E-state index in [1.165, 1.54) is 24.3 Å². The van der Waals surface area contributed by atoms with Gasteiger partial charge in [0.15, 0.2) is 0 Å². The Morgan fingerprint density at radius 3 is 2.39 bits per heavy atom. The van der Waals surface area contributed by atoms with Gasteiger partial charge < -0.3 is 15.0 Å². The second-order valence-corrected chi connectivity index (χ2v) is 4.55. The number of hydrogen-bond donors (Lipinski definition) is 2. The molecule has 0 aromatic heterocycles. The molecule has 18 heavy (non-hydrogen) atoms. The van der Waals surface area contributed by atoms with Gasteiger partial charge in [0.1, 0.15) is 16.4 Å². The molecule has 0 saturated heterocycles. The number of benzene rings is 1. The highest BCUT2D eigenvalue weighted by atomic mass is 32.2. The predicted molar refractivity (Wildman–Crippen MR) is 61.1 cm³/mol. The third-order valence-corrected chi connectivity index (χ3v) is 2.57. The van der Waals surface area contributed by atoms with E-state index in [1.54, 1.807) is 0 Å². The number of carboxylic acids is 1. The van der Waals surface area contributed by atoms with Crippen LogP contribution >= 0.6 is 0 Å². The topological polar surface area (TPSA) is 136 Å². The number of hydrogen-bond acceptors (Lipinski definition) is 6. The minimum absolute atomic E-state index is 0.0916. The summed E-state index contributed by atoms with van der Waals surface area (Å²) >= 11 is 0. The maximum Gasteiger partial charge on any atom is 0.463 e. The molecular weight excluding hydrogens is 264 g/mol. The van der Waals surface area contributed by atoms with Gasteiger partial charge in [-0.15, -0.1) is 4.91 Å². The fourth-order valence-electron chi connectivity index (χ4n) is 1.16. The summed E-state index contributed by atoms with van der Waals surface area (Å²) in [4.78, 5) is 20.4. The van der Waals surface area contributed by atoms with Crippen molar-refractivity contribution in [1.82, 2.24) is 0 Å². The standard InChI is InChI=1S/C9H10N2O6S/c10-8(9(12)13)5-6-1-3-7(4-2-6)17-18(15,16)11-14/h1-4,8H,5,10H2,(H,12,13)/t8-/m0/s1. The molecule has 0 bridgehead atoms. The molecule has 1 aromatic rings. The summed E-state index contributed by atoms with van der Waals surface area (Å²) in [6.07, 6.45) is 0.0916. The van der Waals surface area contributed by atoms with Crippen LogP contribution in [0.4, 0.5) is 0 Å². The van der Waals surface area contributed by atoms with Gasteiger partial charge in [0, 0.05) is 0 Å². The van der Waals surface area contributed by atoms with Crippen LogP contribution < -0.4 is 9.92 Å². The van der Waals surface area contributed by atoms with Crippen molar-refractivity contribution in [2.75, 3.05) is 0 Å². The van der Waals surface area contributed by atoms with Crippen molar-refractivity contribution in [3.8, 4) is 5.75 Å². The molecule has 0 heterocycles. The van der Waals surface area contributed by atoms with E-state index in [9.17, 15) is 18.1 Å². The van der Waals surface area contributed by atoms with Gasteiger partial charge in [0.2, 0.25) is 0 Å². The highest BCUT2D eigenvalue weighted by Crippen LogP contribution is 2.15. The van der Waals surface area contributed by atoms with Gasteiger partial charge in [-0.25, -0.2) is 0 Å². The van der Waals surface area contributed by atoms with Crippen LogP contribution in [0.5, 0.6) is 5.75 Å². The Bertz CT molecular complexity index is 539. The van der Waals surface area contributed by atoms with Crippen LogP contribution in [0.3, 0.4) is 0 Å². The predicted octanol–water partition coefficient (Wildman–Crippen LogP) is 0.0310. The van der Waals surface area contributed by atoms with E-state index in [0.29, 0.717) is 5.56 Å². The summed E-state index contributed by atoms with van der Waals surface area (Å²) in [5.41, 5.74) is 5.92. The Morgan fingerprint density at radius 1 is 1.39 bits per heavy atom. The number of nitroso groups, excluding NO2 is 1. The fourth-order valence-corrected chi connectivity index (χ4v) is 1.54. The number of nitrogens with two attached hydrogens (primary N) is 1. The van der Waals surface area contributed by atoms with E-state index in [2.05, 4.69) is 4.18 Å². The Kier molecular flexibility index (Phi) is 4.34. The van der Waals surface area contributed by atoms with Gasteiger partial charge >= 0.3 is 16.3 Å². The van der Waals surface area contributed by atoms with Crippen LogP contribution in [-0.4, -0.2) is 25.5 Å². The van der Waals surface area contributed by atoms with Crippen molar-refractivity contribution < 1.29 is 22.5 Å². The smallest absolute Gasteiger partial charge is 0.463 e. The van der Waals surface area contributed by atoms with E-state index in [1.807, 2.05) is 4.58 Å². The molecule has 1 rings (SSSR count). The molecule has 0 aliphatic carbocycles. The molecule has 0 saturated carbocycles. The number of carboxylic acid groups (broad SMARTS) is 1. The first-order valence-electron chi connectivity index (χ1n) is 4.70. The lowest BCUT2D eigenvalue weighted by Gasteiger charge is -2.07. The molecule has 8 nitrogen and oxygen atoms in total. The lowest BCUT2D eigenvalue weighted by molar-refractivity contribution is -0.138. The van der Waals surface area contributed by atoms with Crippen LogP contribution in [0.15, 0.2) is 28.8 Å². The maximum absolute atomic E-state index is 10.7. The first-order chi connectivity index (χ1) is 8.34. The summed E-state index contributed by atoms with van der Waals surface area (Å²) in [5.74, 6) is -1.23. The first-order valence-corrected chi connectivity index (χ1v) is 6.07. The Hall–Kier alpha value is -2.00. The molecule has 98 valence electrons. The molecule has 1 aromatic carbocycles. The highest BCUT2D eigenvalue weighted by Gasteiger charge is 2.14. The quantitative estimate of drug-likeness (QED) is 0.698. The van der Waals surface area contributed by atoms with Gasteiger partial charge in [-0.05, 0) is 24.1 Å². The second-order valence-electron chi connectivity index (χ2n) is 3.38. The lowest BCUT2D eigenvalue weighted by atomic mass is 10.1. The van der Waals surface area contributed by atoms with Gasteiger partial charge in [-0.3, -0.25) is 4.79 Å². The molecule has 0 unspecified atom stereocenters. The van der Waals surface area contributed by atoms with E-state index < -0.39 is 22.3 Å². The van der Waals surface area contributed by atoms with Crippen LogP contribution in [0, 0.1) is 4.91 Å². The first kappa shape index (κ1) is 14.1. The number of aliphatic carboxylic acids is 1. The molecule has 1 atom stereocenters. The zero-order chi connectivity index (χ0) is 13.8. The number of nitrogens with zero attached hydrogens (tertiary/aromatic N) is 1. The normalized spacial score (nSPS) is 12.7. The highest BCUT2D eigenvalue weighted by molar-refractivity contribution is 7.85. The summed E-state index contributed by atoms with van der Waals surface area (Å²) in [6.45, 7) is 0. The molecule has 3 N–H and O–H groups in total. The third kappa shape index (κ3) is 4.11. The molecule has 9 heteroatoms. The van der Waals surface area contributed by atoms with E-state index in [4.69, 9.17) is 10.8 Å². The maximum atomic E-state index is 10.7. The molecule has 0 amide bonds. The average Bonchev–Trinajstić information content (AvgIpc) is 2.31. The molecule has 0 aliphatic heterocycles. The molecule has 0 aliphatic rings. The van der Waals surface area contributed by atoms with Crippen LogP contribution in [-0.2, 0) is 21.5 Å². The summed E-state index contributed by atoms with van der Waals surface area (Å²) in [6, 6.07) is 4.38. The average molecular weight is 274 g/mol. The fraction of sp³-hybridized carbons (Fsp3) is 0.222. The van der Waals surface area contributed by atoms with Crippen molar-refractivity contribution in [1.29, 1.82) is 0 Å². The second kappa shape index (κ2) is 5.56. The Labute approximate surface area is 103 Å². The largest absolute Gasteiger partial charge is 0.480 e. The number of rotatable bonds is 6. The molecule has 0 spiro atoms. The van der Waals surface area contributed by atoms with Crippen molar-refractivity contribution in [3.05, 3.63) is 34.7 Å². The summed E-state index contributed by atoms with van der Waals surface area (Å²) in [7, 11) is -4.47. The Morgan fingerprint density at radius 2 is 1.94 bits per heavy atom. The van der Waals surface area contributed by atoms with Gasteiger partial charge in [0.25, 0.3) is 0 Å². The third-order valence-electron chi connectivity index (χ3n) is 1.99. The lowest BCUT2D eigenvalue weighted by Crippen LogP contribution is -2.32. The SMILES string of the molecule is N[C@@H](Cc1ccc(OS(=O)(=O)N=O)cc1)C(=O)O. The van der Waals surface area contributed by atoms with Crippen LogP contribution in [0.25, 0.3) is 0 Å². The molecule has 0 radical (unpaired) electrons. The van der Waals surface area contributed by atoms with E-state index >= 15 is 0 Å². The van der Waals surface area contributed by atoms with Gasteiger partial charge in [0.05, 0.1) is 0 Å². The monoisotopic (exact) mass is 274 g/mol. The summed E-state index contributed by atoms with van der Waals surface area (Å²) < 4.78 is 27.6. The van der Waals surface area contributed by atoms with Gasteiger partial charge in [-0.1, -0.05) is 12.1 Å². The van der Waals surface area contributed by atoms with E-state index in [-0.39, 0.29) is 12.2 Å². The zero-order valence-electron chi connectivity index (χ0n) is 9.02. The van der Waals surface area contributed by atoms with Crippen molar-refractivity contribution >= 4 is 16.3 Å². The van der Waals surface area contributed by atoms with Crippen molar-refractivity contribution in [3.63, 3.8) is 0 Å². The Balaban J connectivity index is 2.75. The summed E-state index contributed by atoms with van der Waals surface area (Å²) in [5, 5.41) is 8.61.